The number of phenolic OH excluding ortho intramolecular Hbond substituents is 1. The topological polar surface area (TPSA) is 116 Å². The molecule has 188 valence electrons. The zero-order valence-corrected chi connectivity index (χ0v) is 20.4. The van der Waals surface area contributed by atoms with Gasteiger partial charge in [-0.05, 0) is 49.3 Å². The lowest BCUT2D eigenvalue weighted by molar-refractivity contribution is -0.141. The first kappa shape index (κ1) is 27.8. The van der Waals surface area contributed by atoms with Gasteiger partial charge in [0.1, 0.15) is 5.75 Å². The van der Waals surface area contributed by atoms with Crippen LogP contribution >= 0.6 is 0 Å². The first-order chi connectivity index (χ1) is 16.8. The maximum absolute atomic E-state index is 13.6. The summed E-state index contributed by atoms with van der Waals surface area (Å²) in [6.07, 6.45) is 4.12. The minimum atomic E-state index is -0.866. The molecule has 0 aliphatic rings. The average Bonchev–Trinajstić information content (AvgIpc) is 2.86. The Bertz CT molecular complexity index is 973. The van der Waals surface area contributed by atoms with Gasteiger partial charge in [-0.15, -0.1) is 6.58 Å². The van der Waals surface area contributed by atoms with Gasteiger partial charge in [-0.1, -0.05) is 62.4 Å². The van der Waals surface area contributed by atoms with Crippen LogP contribution in [0.25, 0.3) is 0 Å². The number of ketones is 1. The Morgan fingerprint density at radius 1 is 0.971 bits per heavy atom. The van der Waals surface area contributed by atoms with E-state index in [0.717, 1.165) is 5.56 Å². The van der Waals surface area contributed by atoms with E-state index in [1.165, 1.54) is 12.1 Å². The maximum atomic E-state index is 13.6. The Kier molecular flexibility index (Phi) is 11.2. The third-order valence-electron chi connectivity index (χ3n) is 5.99. The van der Waals surface area contributed by atoms with Gasteiger partial charge in [-0.3, -0.25) is 19.6 Å². The summed E-state index contributed by atoms with van der Waals surface area (Å²) in [5.41, 5.74) is 2.95. The predicted octanol–water partition coefficient (Wildman–Crippen LogP) is 4.44. The van der Waals surface area contributed by atoms with Crippen molar-refractivity contribution in [3.05, 3.63) is 78.4 Å². The van der Waals surface area contributed by atoms with E-state index in [4.69, 9.17) is 0 Å². The van der Waals surface area contributed by atoms with Gasteiger partial charge in [0.05, 0.1) is 12.0 Å². The third-order valence-corrected chi connectivity index (χ3v) is 5.99. The highest BCUT2D eigenvalue weighted by Gasteiger charge is 2.35. The van der Waals surface area contributed by atoms with Crippen molar-refractivity contribution in [3.8, 4) is 5.75 Å². The van der Waals surface area contributed by atoms with Crippen molar-refractivity contribution < 1.29 is 24.7 Å². The minimum Gasteiger partial charge on any atom is -0.508 e. The molecule has 0 bridgehead atoms. The van der Waals surface area contributed by atoms with Crippen LogP contribution in [0.15, 0.2) is 67.3 Å². The monoisotopic (exact) mass is 480 g/mol. The number of phenols is 1. The molecule has 0 radical (unpaired) electrons. The summed E-state index contributed by atoms with van der Waals surface area (Å²) in [5, 5.41) is 21.8. The number of Topliss-reactive ketones (excluding diaryl/α,β-unsaturated/α-hetero) is 1. The second kappa shape index (κ2) is 14.1. The minimum absolute atomic E-state index is 0.109. The largest absolute Gasteiger partial charge is 0.508 e. The summed E-state index contributed by atoms with van der Waals surface area (Å²) < 4.78 is 0. The molecule has 0 saturated carbocycles. The zero-order chi connectivity index (χ0) is 25.8. The fourth-order valence-corrected chi connectivity index (χ4v) is 4.20. The number of amides is 2. The average molecular weight is 481 g/mol. The molecule has 0 aliphatic carbocycles. The number of carbonyl (C=O) groups excluding carboxylic acids is 3. The molecule has 7 nitrogen and oxygen atoms in total. The Morgan fingerprint density at radius 3 is 2.20 bits per heavy atom. The first-order valence-corrected chi connectivity index (χ1v) is 12.0. The van der Waals surface area contributed by atoms with Crippen molar-refractivity contribution in [2.75, 3.05) is 0 Å². The van der Waals surface area contributed by atoms with Crippen molar-refractivity contribution in [2.24, 2.45) is 17.8 Å². The highest BCUT2D eigenvalue weighted by molar-refractivity contribution is 6.02. The van der Waals surface area contributed by atoms with Crippen LogP contribution in [-0.4, -0.2) is 34.0 Å². The summed E-state index contributed by atoms with van der Waals surface area (Å²) in [5.74, 6) is -2.51. The highest BCUT2D eigenvalue weighted by atomic mass is 16.5. The quantitative estimate of drug-likeness (QED) is 0.105. The molecule has 0 heterocycles. The normalized spacial score (nSPS) is 13.5. The van der Waals surface area contributed by atoms with Gasteiger partial charge < -0.3 is 10.4 Å². The Morgan fingerprint density at radius 2 is 1.63 bits per heavy atom. The molecule has 2 amide bonds. The van der Waals surface area contributed by atoms with Crippen LogP contribution in [0.3, 0.4) is 0 Å². The fourth-order valence-electron chi connectivity index (χ4n) is 4.20. The molecule has 35 heavy (non-hydrogen) atoms. The SMILES string of the molecule is C=CCCC[C@H](C(=O)NO)[C@@H](CC(C)C)C(=O)N[C@@H](Cc1ccc(O)cc1)C(=O)c1ccccc1. The molecule has 0 unspecified atom stereocenters. The van der Waals surface area contributed by atoms with E-state index in [1.54, 1.807) is 48.0 Å². The second-order valence-electron chi connectivity index (χ2n) is 9.20. The van der Waals surface area contributed by atoms with Gasteiger partial charge >= 0.3 is 0 Å². The number of hydrogen-bond donors (Lipinski definition) is 4. The van der Waals surface area contributed by atoms with Crippen molar-refractivity contribution >= 4 is 17.6 Å². The number of unbranched alkanes of at least 4 members (excludes halogenated alkanes) is 1. The van der Waals surface area contributed by atoms with Crippen LogP contribution in [0.4, 0.5) is 0 Å². The van der Waals surface area contributed by atoms with E-state index in [2.05, 4.69) is 11.9 Å². The molecule has 2 rings (SSSR count). The van der Waals surface area contributed by atoms with E-state index in [0.29, 0.717) is 31.2 Å². The second-order valence-corrected chi connectivity index (χ2v) is 9.20. The van der Waals surface area contributed by atoms with Crippen LogP contribution in [-0.2, 0) is 16.0 Å². The molecular formula is C28H36N2O5. The van der Waals surface area contributed by atoms with Crippen LogP contribution in [0.2, 0.25) is 0 Å². The Balaban J connectivity index is 2.35. The maximum Gasteiger partial charge on any atom is 0.247 e. The standard InChI is InChI=1S/C28H36N2O5/c1-4-5-7-12-23(28(34)30-35)24(17-19(2)3)27(33)29-25(18-20-13-15-22(31)16-14-20)26(32)21-10-8-6-9-11-21/h4,6,8-11,13-16,19,23-25,31,35H,1,5,7,12,17-18H2,2-3H3,(H,29,33)(H,30,34)/t23-,24+,25-/m0/s1. The molecule has 4 N–H and O–H groups in total. The van der Waals surface area contributed by atoms with Crippen LogP contribution in [0.1, 0.15) is 55.5 Å². The van der Waals surface area contributed by atoms with Crippen molar-refractivity contribution in [2.45, 2.75) is 52.0 Å². The summed E-state index contributed by atoms with van der Waals surface area (Å²) in [6, 6.07) is 14.3. The third kappa shape index (κ3) is 8.68. The number of carbonyl (C=O) groups is 3. The van der Waals surface area contributed by atoms with E-state index >= 15 is 0 Å². The molecule has 0 fully saturated rings. The predicted molar refractivity (Wildman–Crippen MR) is 135 cm³/mol. The molecule has 7 heteroatoms. The fraction of sp³-hybridized carbons (Fsp3) is 0.393. The van der Waals surface area contributed by atoms with Crippen molar-refractivity contribution in [3.63, 3.8) is 0 Å². The van der Waals surface area contributed by atoms with Gasteiger partial charge in [-0.2, -0.15) is 0 Å². The summed E-state index contributed by atoms with van der Waals surface area (Å²) in [4.78, 5) is 39.5. The highest BCUT2D eigenvalue weighted by Crippen LogP contribution is 2.27. The molecule has 0 saturated heterocycles. The Hall–Kier alpha value is -3.45. The van der Waals surface area contributed by atoms with Gasteiger partial charge in [0.15, 0.2) is 5.78 Å². The molecule has 0 spiro atoms. The lowest BCUT2D eigenvalue weighted by atomic mass is 9.80. The summed E-state index contributed by atoms with van der Waals surface area (Å²) in [7, 11) is 0. The number of benzene rings is 2. The lowest BCUT2D eigenvalue weighted by Crippen LogP contribution is -2.48. The van der Waals surface area contributed by atoms with Crippen LogP contribution in [0, 0.1) is 17.8 Å². The number of hydroxylamine groups is 1. The molecular weight excluding hydrogens is 444 g/mol. The Labute approximate surface area is 207 Å². The van der Waals surface area contributed by atoms with E-state index in [-0.39, 0.29) is 23.9 Å². The number of nitrogens with one attached hydrogen (secondary N) is 2. The van der Waals surface area contributed by atoms with Gasteiger partial charge in [0.2, 0.25) is 11.8 Å². The van der Waals surface area contributed by atoms with E-state index in [1.807, 2.05) is 19.9 Å². The van der Waals surface area contributed by atoms with Gasteiger partial charge in [0.25, 0.3) is 0 Å². The van der Waals surface area contributed by atoms with Crippen LogP contribution < -0.4 is 10.8 Å². The number of rotatable bonds is 14. The number of allylic oxidation sites excluding steroid dienone is 1. The molecule has 3 atom stereocenters. The lowest BCUT2D eigenvalue weighted by Gasteiger charge is -2.28. The van der Waals surface area contributed by atoms with Gasteiger partial charge in [0, 0.05) is 17.9 Å². The summed E-state index contributed by atoms with van der Waals surface area (Å²) in [6.45, 7) is 7.62. The molecule has 2 aromatic rings. The molecule has 2 aromatic carbocycles. The van der Waals surface area contributed by atoms with Crippen LogP contribution in [0.5, 0.6) is 5.75 Å². The zero-order valence-electron chi connectivity index (χ0n) is 20.4. The smallest absolute Gasteiger partial charge is 0.247 e. The number of aromatic hydroxyl groups is 1. The number of hydrogen-bond acceptors (Lipinski definition) is 5. The first-order valence-electron chi connectivity index (χ1n) is 12.0. The van der Waals surface area contributed by atoms with E-state index < -0.39 is 29.7 Å². The van der Waals surface area contributed by atoms with E-state index in [9.17, 15) is 24.7 Å². The molecule has 0 aromatic heterocycles. The molecule has 0 aliphatic heterocycles. The van der Waals surface area contributed by atoms with Gasteiger partial charge in [-0.25, -0.2) is 5.48 Å². The summed E-state index contributed by atoms with van der Waals surface area (Å²) >= 11 is 0. The van der Waals surface area contributed by atoms with Crippen molar-refractivity contribution in [1.82, 2.24) is 10.8 Å². The van der Waals surface area contributed by atoms with Crippen molar-refractivity contribution in [1.29, 1.82) is 0 Å².